The first-order chi connectivity index (χ1) is 10.1. The number of nitrogens with two attached hydrogens (primary N) is 1. The Labute approximate surface area is 128 Å². The van der Waals surface area contributed by atoms with Gasteiger partial charge in [-0.1, -0.05) is 20.3 Å². The van der Waals surface area contributed by atoms with Crippen molar-refractivity contribution in [3.8, 4) is 0 Å². The number of carbonyl (C=O) groups excluding carboxylic acids is 2. The zero-order chi connectivity index (χ0) is 17.4. The van der Waals surface area contributed by atoms with Crippen molar-refractivity contribution < 1.29 is 29.7 Å². The summed E-state index contributed by atoms with van der Waals surface area (Å²) in [4.78, 5) is 34.8. The first-order valence-electron chi connectivity index (χ1n) is 7.03. The van der Waals surface area contributed by atoms with Gasteiger partial charge in [0.15, 0.2) is 0 Å². The van der Waals surface area contributed by atoms with Gasteiger partial charge < -0.3 is 31.7 Å². The van der Waals surface area contributed by atoms with Crippen molar-refractivity contribution in [1.29, 1.82) is 0 Å². The molecule has 5 atom stereocenters. The van der Waals surface area contributed by atoms with Crippen LogP contribution >= 0.6 is 0 Å². The first kappa shape index (κ1) is 20.3. The van der Waals surface area contributed by atoms with Crippen molar-refractivity contribution in [2.75, 3.05) is 6.61 Å². The van der Waals surface area contributed by atoms with Crippen LogP contribution in [0.3, 0.4) is 0 Å². The second-order valence-corrected chi connectivity index (χ2v) is 5.22. The number of aliphatic hydroxyl groups excluding tert-OH is 2. The summed E-state index contributed by atoms with van der Waals surface area (Å²) in [7, 11) is 0. The van der Waals surface area contributed by atoms with Crippen LogP contribution in [0.2, 0.25) is 0 Å². The second-order valence-electron chi connectivity index (χ2n) is 5.22. The van der Waals surface area contributed by atoms with Crippen LogP contribution in [-0.4, -0.2) is 63.9 Å². The molecular formula is C13H25N3O6. The summed E-state index contributed by atoms with van der Waals surface area (Å²) in [6, 6.07) is -3.73. The van der Waals surface area contributed by atoms with Gasteiger partial charge in [-0.25, -0.2) is 4.79 Å². The standard InChI is InChI=1S/C13H25N3O6/c1-4-6(2)10(13(21)22)16-11(19)8(5-17)15-12(20)9(14)7(3)18/h6-10,17-18H,4-5,14H2,1-3H3,(H,15,20)(H,16,19)(H,21,22)/t6-,7+,8-,9-,10-/m0/s1. The fourth-order valence-corrected chi connectivity index (χ4v) is 1.62. The van der Waals surface area contributed by atoms with Crippen LogP contribution in [-0.2, 0) is 14.4 Å². The Hall–Kier alpha value is -1.71. The smallest absolute Gasteiger partial charge is 0.326 e. The van der Waals surface area contributed by atoms with Crippen molar-refractivity contribution in [3.05, 3.63) is 0 Å². The number of carbonyl (C=O) groups is 3. The fraction of sp³-hybridized carbons (Fsp3) is 0.769. The maximum atomic E-state index is 12.0. The van der Waals surface area contributed by atoms with Crippen molar-refractivity contribution in [2.24, 2.45) is 11.7 Å². The fourth-order valence-electron chi connectivity index (χ4n) is 1.62. The van der Waals surface area contributed by atoms with E-state index >= 15 is 0 Å². The Balaban J connectivity index is 4.84. The molecule has 0 rings (SSSR count). The molecule has 7 N–H and O–H groups in total. The Morgan fingerprint density at radius 3 is 2.05 bits per heavy atom. The third-order valence-corrected chi connectivity index (χ3v) is 3.41. The largest absolute Gasteiger partial charge is 0.480 e. The highest BCUT2D eigenvalue weighted by Crippen LogP contribution is 2.08. The van der Waals surface area contributed by atoms with E-state index in [4.69, 9.17) is 10.8 Å². The molecular weight excluding hydrogens is 294 g/mol. The van der Waals surface area contributed by atoms with Crippen LogP contribution in [0, 0.1) is 5.92 Å². The van der Waals surface area contributed by atoms with E-state index in [1.54, 1.807) is 13.8 Å². The zero-order valence-electron chi connectivity index (χ0n) is 12.9. The Morgan fingerprint density at radius 2 is 1.68 bits per heavy atom. The molecule has 2 amide bonds. The van der Waals surface area contributed by atoms with Gasteiger partial charge in [-0.05, 0) is 12.8 Å². The average molecular weight is 319 g/mol. The highest BCUT2D eigenvalue weighted by atomic mass is 16.4. The molecule has 0 aliphatic heterocycles. The zero-order valence-corrected chi connectivity index (χ0v) is 12.9. The van der Waals surface area contributed by atoms with Crippen LogP contribution in [0.15, 0.2) is 0 Å². The molecule has 0 heterocycles. The number of hydrogen-bond acceptors (Lipinski definition) is 6. The molecule has 128 valence electrons. The topological polar surface area (TPSA) is 162 Å². The van der Waals surface area contributed by atoms with Crippen molar-refractivity contribution in [3.63, 3.8) is 0 Å². The highest BCUT2D eigenvalue weighted by molar-refractivity contribution is 5.92. The van der Waals surface area contributed by atoms with E-state index < -0.39 is 48.6 Å². The molecule has 0 radical (unpaired) electrons. The molecule has 0 aromatic carbocycles. The lowest BCUT2D eigenvalue weighted by Crippen LogP contribution is -2.58. The van der Waals surface area contributed by atoms with Crippen molar-refractivity contribution in [1.82, 2.24) is 10.6 Å². The minimum atomic E-state index is -1.34. The molecule has 0 aromatic heterocycles. The number of amides is 2. The third-order valence-electron chi connectivity index (χ3n) is 3.41. The summed E-state index contributed by atoms with van der Waals surface area (Å²) in [6.07, 6.45) is -0.602. The number of aliphatic hydroxyl groups is 2. The van der Waals surface area contributed by atoms with Crippen molar-refractivity contribution >= 4 is 17.8 Å². The maximum absolute atomic E-state index is 12.0. The number of nitrogens with one attached hydrogen (secondary N) is 2. The monoisotopic (exact) mass is 319 g/mol. The SMILES string of the molecule is CC[C@H](C)[C@H](NC(=O)[C@H](CO)NC(=O)[C@@H](N)[C@@H](C)O)C(=O)O. The van der Waals surface area contributed by atoms with Gasteiger partial charge in [-0.2, -0.15) is 0 Å². The van der Waals surface area contributed by atoms with Gasteiger partial charge in [0.2, 0.25) is 11.8 Å². The quantitative estimate of drug-likeness (QED) is 0.280. The van der Waals surface area contributed by atoms with Crippen LogP contribution in [0.5, 0.6) is 0 Å². The highest BCUT2D eigenvalue weighted by Gasteiger charge is 2.30. The lowest BCUT2D eigenvalue weighted by Gasteiger charge is -2.24. The molecule has 0 spiro atoms. The summed E-state index contributed by atoms with van der Waals surface area (Å²) in [5.74, 6) is -3.18. The molecule has 0 aliphatic rings. The molecule has 0 saturated heterocycles. The first-order valence-corrected chi connectivity index (χ1v) is 7.03. The Bertz CT molecular complexity index is 401. The third kappa shape index (κ3) is 5.96. The lowest BCUT2D eigenvalue weighted by molar-refractivity contribution is -0.144. The molecule has 0 aromatic rings. The van der Waals surface area contributed by atoms with Gasteiger partial charge >= 0.3 is 5.97 Å². The predicted octanol–water partition coefficient (Wildman–Crippen LogP) is -2.21. The van der Waals surface area contributed by atoms with Crippen LogP contribution in [0.4, 0.5) is 0 Å². The number of carboxylic acids is 1. The number of carboxylic acid groups (broad SMARTS) is 1. The van der Waals surface area contributed by atoms with Crippen molar-refractivity contribution in [2.45, 2.75) is 51.4 Å². The maximum Gasteiger partial charge on any atom is 0.326 e. The van der Waals surface area contributed by atoms with E-state index in [1.807, 2.05) is 0 Å². The molecule has 0 bridgehead atoms. The molecule has 9 heteroatoms. The lowest BCUT2D eigenvalue weighted by atomic mass is 9.99. The number of hydrogen-bond donors (Lipinski definition) is 6. The number of aliphatic carboxylic acids is 1. The van der Waals surface area contributed by atoms with E-state index in [9.17, 15) is 24.6 Å². The minimum Gasteiger partial charge on any atom is -0.480 e. The molecule has 0 saturated carbocycles. The van der Waals surface area contributed by atoms with E-state index in [0.717, 1.165) is 0 Å². The Morgan fingerprint density at radius 1 is 1.14 bits per heavy atom. The van der Waals surface area contributed by atoms with Gasteiger partial charge in [-0.3, -0.25) is 9.59 Å². The molecule has 22 heavy (non-hydrogen) atoms. The Kier molecular flexibility index (Phi) is 8.61. The minimum absolute atomic E-state index is 0.323. The summed E-state index contributed by atoms with van der Waals surface area (Å²) in [5, 5.41) is 31.9. The van der Waals surface area contributed by atoms with E-state index in [2.05, 4.69) is 10.6 Å². The van der Waals surface area contributed by atoms with E-state index in [-0.39, 0.29) is 5.92 Å². The van der Waals surface area contributed by atoms with Gasteiger partial charge in [0.25, 0.3) is 0 Å². The summed E-state index contributed by atoms with van der Waals surface area (Å²) < 4.78 is 0. The predicted molar refractivity (Wildman–Crippen MR) is 77.7 cm³/mol. The van der Waals surface area contributed by atoms with Gasteiger partial charge in [0, 0.05) is 0 Å². The summed E-state index contributed by atoms with van der Waals surface area (Å²) >= 11 is 0. The van der Waals surface area contributed by atoms with Gasteiger partial charge in [0.1, 0.15) is 18.1 Å². The normalized spacial score (nSPS) is 17.7. The molecule has 0 aliphatic carbocycles. The van der Waals surface area contributed by atoms with E-state index in [1.165, 1.54) is 6.92 Å². The van der Waals surface area contributed by atoms with Gasteiger partial charge in [-0.15, -0.1) is 0 Å². The molecule has 0 unspecified atom stereocenters. The average Bonchev–Trinajstić information content (AvgIpc) is 2.47. The molecule has 9 nitrogen and oxygen atoms in total. The van der Waals surface area contributed by atoms with E-state index in [0.29, 0.717) is 6.42 Å². The van der Waals surface area contributed by atoms with Gasteiger partial charge in [0.05, 0.1) is 12.7 Å². The molecule has 0 fully saturated rings. The van der Waals surface area contributed by atoms with Crippen LogP contribution < -0.4 is 16.4 Å². The van der Waals surface area contributed by atoms with Crippen LogP contribution in [0.25, 0.3) is 0 Å². The second kappa shape index (κ2) is 9.34. The van der Waals surface area contributed by atoms with Crippen LogP contribution in [0.1, 0.15) is 27.2 Å². The number of rotatable bonds is 9. The summed E-state index contributed by atoms with van der Waals surface area (Å²) in [5.41, 5.74) is 5.41. The summed E-state index contributed by atoms with van der Waals surface area (Å²) in [6.45, 7) is 4.02.